The Balaban J connectivity index is 2.47. The SMILES string of the molecule is CCOc1ccc(NC/C=C(/C)C(=O)O)cn1. The van der Waals surface area contributed by atoms with E-state index in [-0.39, 0.29) is 0 Å². The highest BCUT2D eigenvalue weighted by Gasteiger charge is 1.98. The maximum atomic E-state index is 10.5. The molecule has 0 aliphatic carbocycles. The Bertz CT molecular complexity index is 399. The highest BCUT2D eigenvalue weighted by molar-refractivity contribution is 5.85. The summed E-state index contributed by atoms with van der Waals surface area (Å²) >= 11 is 0. The maximum absolute atomic E-state index is 10.5. The molecule has 5 nitrogen and oxygen atoms in total. The van der Waals surface area contributed by atoms with Gasteiger partial charge >= 0.3 is 5.97 Å². The van der Waals surface area contributed by atoms with E-state index in [1.54, 1.807) is 25.3 Å². The second kappa shape index (κ2) is 6.52. The predicted octanol–water partition coefficient (Wildman–Crippen LogP) is 1.92. The largest absolute Gasteiger partial charge is 0.478 e. The Morgan fingerprint density at radius 2 is 2.35 bits per heavy atom. The van der Waals surface area contributed by atoms with Crippen molar-refractivity contribution in [3.8, 4) is 5.88 Å². The predicted molar refractivity (Wildman–Crippen MR) is 65.3 cm³/mol. The van der Waals surface area contributed by atoms with Gasteiger partial charge in [-0.15, -0.1) is 0 Å². The van der Waals surface area contributed by atoms with Crippen LogP contribution in [0, 0.1) is 0 Å². The second-order valence-electron chi connectivity index (χ2n) is 3.39. The third-order valence-electron chi connectivity index (χ3n) is 2.08. The lowest BCUT2D eigenvalue weighted by Gasteiger charge is -2.05. The first kappa shape index (κ1) is 13.0. The summed E-state index contributed by atoms with van der Waals surface area (Å²) in [5, 5.41) is 11.7. The van der Waals surface area contributed by atoms with Gasteiger partial charge in [-0.25, -0.2) is 9.78 Å². The van der Waals surface area contributed by atoms with Gasteiger partial charge in [-0.05, 0) is 19.9 Å². The van der Waals surface area contributed by atoms with Crippen LogP contribution >= 0.6 is 0 Å². The van der Waals surface area contributed by atoms with E-state index in [0.29, 0.717) is 24.6 Å². The number of carbonyl (C=O) groups is 1. The molecule has 1 rings (SSSR count). The number of nitrogens with one attached hydrogen (secondary N) is 1. The number of aromatic nitrogens is 1. The van der Waals surface area contributed by atoms with E-state index in [0.717, 1.165) is 5.69 Å². The van der Waals surface area contributed by atoms with Crippen LogP contribution in [0.15, 0.2) is 30.0 Å². The fraction of sp³-hybridized carbons (Fsp3) is 0.333. The van der Waals surface area contributed by atoms with Gasteiger partial charge in [0.05, 0.1) is 18.5 Å². The third-order valence-corrected chi connectivity index (χ3v) is 2.08. The van der Waals surface area contributed by atoms with Crippen LogP contribution in [0.2, 0.25) is 0 Å². The number of anilines is 1. The molecule has 1 aromatic heterocycles. The quantitative estimate of drug-likeness (QED) is 0.738. The third kappa shape index (κ3) is 4.55. The van der Waals surface area contributed by atoms with Gasteiger partial charge in [0.25, 0.3) is 0 Å². The summed E-state index contributed by atoms with van der Waals surface area (Å²) in [6.07, 6.45) is 3.26. The molecule has 0 fully saturated rings. The molecule has 0 aliphatic rings. The Kier molecular flexibility index (Phi) is 5.00. The average molecular weight is 236 g/mol. The standard InChI is InChI=1S/C12H16N2O3/c1-3-17-11-5-4-10(8-14-11)13-7-6-9(2)12(15)16/h4-6,8,13H,3,7H2,1-2H3,(H,15,16)/b9-6-. The van der Waals surface area contributed by atoms with E-state index < -0.39 is 5.97 Å². The summed E-state index contributed by atoms with van der Waals surface area (Å²) in [6, 6.07) is 3.60. The van der Waals surface area contributed by atoms with Gasteiger partial charge in [0.15, 0.2) is 0 Å². The van der Waals surface area contributed by atoms with Crippen molar-refractivity contribution in [2.75, 3.05) is 18.5 Å². The van der Waals surface area contributed by atoms with E-state index >= 15 is 0 Å². The molecular weight excluding hydrogens is 220 g/mol. The van der Waals surface area contributed by atoms with Crippen LogP contribution in [-0.4, -0.2) is 29.2 Å². The molecule has 1 heterocycles. The summed E-state index contributed by atoms with van der Waals surface area (Å²) in [7, 11) is 0. The minimum Gasteiger partial charge on any atom is -0.478 e. The van der Waals surface area contributed by atoms with Crippen molar-refractivity contribution in [2.24, 2.45) is 0 Å². The van der Waals surface area contributed by atoms with E-state index in [4.69, 9.17) is 9.84 Å². The van der Waals surface area contributed by atoms with E-state index in [1.807, 2.05) is 13.0 Å². The number of rotatable bonds is 6. The molecule has 0 saturated heterocycles. The van der Waals surface area contributed by atoms with Gasteiger partial charge in [-0.1, -0.05) is 6.08 Å². The highest BCUT2D eigenvalue weighted by atomic mass is 16.5. The Hall–Kier alpha value is -2.04. The molecule has 92 valence electrons. The Morgan fingerprint density at radius 1 is 1.59 bits per heavy atom. The highest BCUT2D eigenvalue weighted by Crippen LogP contribution is 2.11. The molecular formula is C12H16N2O3. The molecule has 0 aliphatic heterocycles. The fourth-order valence-corrected chi connectivity index (χ4v) is 1.13. The first-order chi connectivity index (χ1) is 8.13. The van der Waals surface area contributed by atoms with Gasteiger partial charge in [0.1, 0.15) is 0 Å². The number of nitrogens with zero attached hydrogens (tertiary/aromatic N) is 1. The summed E-state index contributed by atoms with van der Waals surface area (Å²) in [5.41, 5.74) is 1.14. The van der Waals surface area contributed by atoms with Crippen molar-refractivity contribution in [2.45, 2.75) is 13.8 Å². The minimum absolute atomic E-state index is 0.316. The molecule has 0 radical (unpaired) electrons. The molecule has 0 atom stereocenters. The zero-order valence-electron chi connectivity index (χ0n) is 9.93. The molecule has 0 bridgehead atoms. The maximum Gasteiger partial charge on any atom is 0.331 e. The summed E-state index contributed by atoms with van der Waals surface area (Å²) in [4.78, 5) is 14.6. The van der Waals surface area contributed by atoms with Crippen LogP contribution < -0.4 is 10.1 Å². The van der Waals surface area contributed by atoms with Gasteiger partial charge in [-0.3, -0.25) is 0 Å². The topological polar surface area (TPSA) is 71.5 Å². The number of pyridine rings is 1. The van der Waals surface area contributed by atoms with Crippen molar-refractivity contribution in [1.82, 2.24) is 4.98 Å². The smallest absolute Gasteiger partial charge is 0.331 e. The molecule has 0 aromatic carbocycles. The summed E-state index contributed by atoms with van der Waals surface area (Å²) in [5.74, 6) is -0.327. The summed E-state index contributed by atoms with van der Waals surface area (Å²) < 4.78 is 5.21. The number of hydrogen-bond donors (Lipinski definition) is 2. The van der Waals surface area contributed by atoms with Crippen LogP contribution in [0.25, 0.3) is 0 Å². The fourth-order valence-electron chi connectivity index (χ4n) is 1.13. The lowest BCUT2D eigenvalue weighted by atomic mass is 10.3. The van der Waals surface area contributed by atoms with E-state index in [2.05, 4.69) is 10.3 Å². The first-order valence-corrected chi connectivity index (χ1v) is 5.36. The number of carboxylic acids is 1. The number of hydrogen-bond acceptors (Lipinski definition) is 4. The van der Waals surface area contributed by atoms with Crippen molar-refractivity contribution in [3.63, 3.8) is 0 Å². The normalized spacial score (nSPS) is 11.1. The van der Waals surface area contributed by atoms with Gasteiger partial charge in [0, 0.05) is 18.2 Å². The van der Waals surface area contributed by atoms with Crippen LogP contribution in [0.5, 0.6) is 5.88 Å². The second-order valence-corrected chi connectivity index (χ2v) is 3.39. The minimum atomic E-state index is -0.906. The molecule has 0 spiro atoms. The zero-order valence-corrected chi connectivity index (χ0v) is 9.93. The van der Waals surface area contributed by atoms with Gasteiger partial charge in [-0.2, -0.15) is 0 Å². The number of ether oxygens (including phenoxy) is 1. The van der Waals surface area contributed by atoms with Crippen molar-refractivity contribution >= 4 is 11.7 Å². The molecule has 5 heteroatoms. The Labute approximate surface area is 100 Å². The van der Waals surface area contributed by atoms with Crippen molar-refractivity contribution in [1.29, 1.82) is 0 Å². The lowest BCUT2D eigenvalue weighted by Crippen LogP contribution is -2.03. The number of carboxylic acid groups (broad SMARTS) is 1. The lowest BCUT2D eigenvalue weighted by molar-refractivity contribution is -0.132. The van der Waals surface area contributed by atoms with E-state index in [9.17, 15) is 4.79 Å². The van der Waals surface area contributed by atoms with Gasteiger partial charge < -0.3 is 15.2 Å². The zero-order chi connectivity index (χ0) is 12.7. The summed E-state index contributed by atoms with van der Waals surface area (Å²) in [6.45, 7) is 4.49. The van der Waals surface area contributed by atoms with Crippen LogP contribution in [-0.2, 0) is 4.79 Å². The first-order valence-electron chi connectivity index (χ1n) is 5.36. The molecule has 2 N–H and O–H groups in total. The van der Waals surface area contributed by atoms with Crippen LogP contribution in [0.1, 0.15) is 13.8 Å². The average Bonchev–Trinajstić information content (AvgIpc) is 2.31. The molecule has 0 saturated carbocycles. The monoisotopic (exact) mass is 236 g/mol. The van der Waals surface area contributed by atoms with Crippen molar-refractivity contribution in [3.05, 3.63) is 30.0 Å². The van der Waals surface area contributed by atoms with Gasteiger partial charge in [0.2, 0.25) is 5.88 Å². The molecule has 17 heavy (non-hydrogen) atoms. The molecule has 0 amide bonds. The van der Waals surface area contributed by atoms with Crippen LogP contribution in [0.3, 0.4) is 0 Å². The van der Waals surface area contributed by atoms with Crippen LogP contribution in [0.4, 0.5) is 5.69 Å². The molecule has 0 unspecified atom stereocenters. The van der Waals surface area contributed by atoms with Crippen molar-refractivity contribution < 1.29 is 14.6 Å². The molecule has 1 aromatic rings. The number of aliphatic carboxylic acids is 1. The van der Waals surface area contributed by atoms with E-state index in [1.165, 1.54) is 0 Å². The Morgan fingerprint density at radius 3 is 2.88 bits per heavy atom.